The Morgan fingerprint density at radius 1 is 0.880 bits per heavy atom. The second-order valence-electron chi connectivity index (χ2n) is 21.4. The minimum Gasteiger partial charge on any atom is -0.481 e. The number of rotatable bonds is 18. The summed E-state index contributed by atoms with van der Waals surface area (Å²) in [6.07, 6.45) is 18.7. The molecule has 10 N–H and O–H groups in total. The number of ether oxygens (including phenoxy) is 1. The number of aliphatic carboxylic acids is 3. The fourth-order valence-electron chi connectivity index (χ4n) is 12.4. The van der Waals surface area contributed by atoms with Gasteiger partial charge in [0.15, 0.2) is 27.9 Å². The van der Waals surface area contributed by atoms with Crippen molar-refractivity contribution >= 4 is 81.1 Å². The van der Waals surface area contributed by atoms with Crippen LogP contribution in [0.15, 0.2) is 42.1 Å². The van der Waals surface area contributed by atoms with E-state index in [0.29, 0.717) is 60.4 Å². The van der Waals surface area contributed by atoms with E-state index < -0.39 is 35.9 Å². The second kappa shape index (κ2) is 25.1. The minimum atomic E-state index is -1.30. The van der Waals surface area contributed by atoms with Crippen molar-refractivity contribution in [2.45, 2.75) is 173 Å². The molecule has 0 radical (unpaired) electrons. The molecule has 21 heteroatoms. The van der Waals surface area contributed by atoms with Crippen molar-refractivity contribution in [1.29, 1.82) is 0 Å². The summed E-state index contributed by atoms with van der Waals surface area (Å²) in [5.74, 6) is -2.12. The lowest BCUT2D eigenvalue weighted by molar-refractivity contribution is -0.167. The van der Waals surface area contributed by atoms with Crippen LogP contribution in [0.25, 0.3) is 11.2 Å². The lowest BCUT2D eigenvalue weighted by Gasteiger charge is -2.61. The number of fused-ring (bicyclic) bond motifs is 7. The third-order valence-electron chi connectivity index (χ3n) is 16.5. The third-order valence-corrected chi connectivity index (χ3v) is 17.6. The molecule has 1 aromatic carbocycles. The van der Waals surface area contributed by atoms with Gasteiger partial charge in [0.2, 0.25) is 5.95 Å². The molecular weight excluding hydrogens is 983 g/mol. The Morgan fingerprint density at radius 3 is 2.21 bits per heavy atom. The number of benzene rings is 1. The van der Waals surface area contributed by atoms with Crippen molar-refractivity contribution in [3.8, 4) is 0 Å². The molecule has 5 aliphatic rings. The molecular formula is C54H75N9O11S. The summed E-state index contributed by atoms with van der Waals surface area (Å²) < 4.78 is 6.06. The van der Waals surface area contributed by atoms with Crippen molar-refractivity contribution in [2.75, 3.05) is 23.4 Å². The van der Waals surface area contributed by atoms with Gasteiger partial charge >= 0.3 is 23.9 Å². The number of carboxylic acid groups (broad SMARTS) is 3. The number of nitrogen functional groups attached to an aromatic ring is 2. The Labute approximate surface area is 442 Å². The van der Waals surface area contributed by atoms with Gasteiger partial charge in [0, 0.05) is 55.1 Å². The van der Waals surface area contributed by atoms with Crippen LogP contribution < -0.4 is 27.4 Å². The summed E-state index contributed by atoms with van der Waals surface area (Å²) >= 11 is 1.50. The molecule has 8 rings (SSSR count). The molecule has 1 saturated heterocycles. The number of carbonyl (C=O) groups is 7. The predicted molar refractivity (Wildman–Crippen MR) is 284 cm³/mol. The molecule has 2 aromatic heterocycles. The number of nitrogens with zero attached hydrogens (tertiary/aromatic N) is 5. The Bertz CT molecular complexity index is 2640. The highest BCUT2D eigenvalue weighted by atomic mass is 32.2. The number of hydrogen-bond acceptors (Lipinski definition) is 17. The van der Waals surface area contributed by atoms with Crippen LogP contribution in [0.4, 0.5) is 17.5 Å². The Hall–Kier alpha value is -6.22. The lowest BCUT2D eigenvalue weighted by atomic mass is 9.46. The maximum atomic E-state index is 12.4. The average Bonchev–Trinajstić information content (AvgIpc) is 3.89. The monoisotopic (exact) mass is 1060 g/mol. The first kappa shape index (κ1) is 58.0. The molecule has 3 heterocycles. The first-order valence-electron chi connectivity index (χ1n) is 26.2. The van der Waals surface area contributed by atoms with Crippen LogP contribution in [0.2, 0.25) is 0 Å². The number of anilines is 3. The number of carbonyl (C=O) groups excluding carboxylic acids is 4. The number of thioether (sulfide) groups is 1. The van der Waals surface area contributed by atoms with Crippen LogP contribution in [0.1, 0.15) is 159 Å². The van der Waals surface area contributed by atoms with Gasteiger partial charge in [-0.15, -0.1) is 0 Å². The van der Waals surface area contributed by atoms with E-state index in [1.54, 1.807) is 25.3 Å². The summed E-state index contributed by atoms with van der Waals surface area (Å²) in [6.45, 7) is 8.97. The van der Waals surface area contributed by atoms with E-state index in [-0.39, 0.29) is 68.7 Å². The zero-order chi connectivity index (χ0) is 54.8. The van der Waals surface area contributed by atoms with Gasteiger partial charge in [-0.3, -0.25) is 28.8 Å². The molecule has 408 valence electrons. The van der Waals surface area contributed by atoms with E-state index >= 15 is 0 Å². The fourth-order valence-corrected chi connectivity index (χ4v) is 13.7. The number of hydrogen-bond donors (Lipinski definition) is 7. The number of esters is 1. The number of ketones is 1. The molecule has 3 saturated carbocycles. The van der Waals surface area contributed by atoms with Crippen molar-refractivity contribution in [2.24, 2.45) is 34.3 Å². The average molecular weight is 1060 g/mol. The summed E-state index contributed by atoms with van der Waals surface area (Å²) in [5.41, 5.74) is 20.1. The summed E-state index contributed by atoms with van der Waals surface area (Å²) in [6, 6.07) is 4.50. The lowest BCUT2D eigenvalue weighted by Crippen LogP contribution is -2.57. The van der Waals surface area contributed by atoms with Gasteiger partial charge in [-0.2, -0.15) is 9.97 Å². The molecule has 75 heavy (non-hydrogen) atoms. The van der Waals surface area contributed by atoms with Crippen LogP contribution in [-0.2, 0) is 40.0 Å². The minimum absolute atomic E-state index is 0.0119. The molecule has 4 aliphatic carbocycles. The highest BCUT2D eigenvalue weighted by Crippen LogP contribution is 2.70. The van der Waals surface area contributed by atoms with E-state index in [4.69, 9.17) is 32.2 Å². The molecule has 20 nitrogen and oxygen atoms in total. The van der Waals surface area contributed by atoms with E-state index in [9.17, 15) is 38.7 Å². The summed E-state index contributed by atoms with van der Waals surface area (Å²) in [5, 5.41) is 29.2. The van der Waals surface area contributed by atoms with Gasteiger partial charge in [-0.1, -0.05) is 76.6 Å². The van der Waals surface area contributed by atoms with Crippen molar-refractivity contribution < 1.29 is 53.6 Å². The third kappa shape index (κ3) is 13.8. The van der Waals surface area contributed by atoms with Gasteiger partial charge in [0.05, 0.1) is 18.4 Å². The van der Waals surface area contributed by atoms with Gasteiger partial charge < -0.3 is 47.5 Å². The number of nitrogens with two attached hydrogens (primary N) is 3. The van der Waals surface area contributed by atoms with Crippen LogP contribution in [0.3, 0.4) is 0 Å². The Balaban J connectivity index is 0.000000199. The highest BCUT2D eigenvalue weighted by molar-refractivity contribution is 8.14. The van der Waals surface area contributed by atoms with Crippen LogP contribution in [-0.4, -0.2) is 106 Å². The number of nitrogens with one attached hydrogen (secondary N) is 1. The van der Waals surface area contributed by atoms with Crippen molar-refractivity contribution in [3.05, 3.63) is 53.4 Å². The maximum absolute atomic E-state index is 12.4. The number of unbranched alkanes of at least 4 members (excludes halogenated alkanes) is 5. The number of aromatic nitrogens is 4. The van der Waals surface area contributed by atoms with Crippen LogP contribution in [0.5, 0.6) is 0 Å². The quantitative estimate of drug-likeness (QED) is 0.0486. The highest BCUT2D eigenvalue weighted by Gasteiger charge is 2.68. The molecule has 1 unspecified atom stereocenters. The van der Waals surface area contributed by atoms with Crippen molar-refractivity contribution in [3.63, 3.8) is 0 Å². The Morgan fingerprint density at radius 2 is 1.57 bits per heavy atom. The molecule has 0 bridgehead atoms. The fraction of sp³-hybridized carbons (Fsp3) is 0.611. The van der Waals surface area contributed by atoms with E-state index in [1.165, 1.54) is 55.2 Å². The molecule has 1 amide bonds. The summed E-state index contributed by atoms with van der Waals surface area (Å²) in [7, 11) is 1.82. The van der Waals surface area contributed by atoms with E-state index in [2.05, 4.69) is 46.0 Å². The molecule has 1 spiro atoms. The van der Waals surface area contributed by atoms with Gasteiger partial charge in [0.25, 0.3) is 5.91 Å². The first-order valence-corrected chi connectivity index (χ1v) is 27.1. The molecule has 3 aromatic rings. The standard InChI is InChI=1S/C24H32O4S.C20H22N8O5.C10H21NO2/c1-14(25)29-19-13-15-12-16(26)4-8-22(15,2)17-5-9-23(3)18(21(17)19)6-10-24(23)11-7-20(27)28-24;1-28(9-11-8-23-17-15(24-11)16(21)26-20(22)27-17)12-4-2-10(3-5-12)18(31)25-13(19(32)33)6-7-14(29)30;1-2-3-4-5-6-7-8-9(11)10(12)13/h12,17-19,21H,4-11,13H2,1-3H3;2-5,8,13H,6-7,9H2,1H3,(H,25,31)(H,29,30)(H,32,33)(H4,21,22,23,26,27);9H,2-8,11H2,1H3,(H,12,13)/t17-,18-,19+,21+,22-,23-,24+;13-;/m00./s1. The van der Waals surface area contributed by atoms with E-state index in [1.807, 2.05) is 18.0 Å². The normalized spacial score (nSPS) is 26.1. The SMILES string of the molecule is CC(=O)S[C@@H]1CC2=CC(=O)CC[C@]2(C)[C@H]2CC[C@@]3(C)[C@@H](CC[C@@]34CCC(=O)O4)[C@H]12.CCCCCCCCC(N)C(=O)O.CN(Cc1cnc2nc(N)nc(N)c2n1)c1ccc(C(=O)N[C@@H](CCC(=O)O)C(=O)O)cc1. The zero-order valence-electron chi connectivity index (χ0n) is 43.8. The number of carboxylic acids is 3. The second-order valence-corrected chi connectivity index (χ2v) is 22.8. The molecule has 1 aliphatic heterocycles. The van der Waals surface area contributed by atoms with Crippen LogP contribution >= 0.6 is 11.8 Å². The van der Waals surface area contributed by atoms with Gasteiger partial charge in [0.1, 0.15) is 17.7 Å². The van der Waals surface area contributed by atoms with E-state index in [0.717, 1.165) is 63.5 Å². The van der Waals surface area contributed by atoms with Gasteiger partial charge in [-0.25, -0.2) is 14.8 Å². The zero-order valence-corrected chi connectivity index (χ0v) is 44.7. The first-order chi connectivity index (χ1) is 35.5. The number of amides is 1. The summed E-state index contributed by atoms with van der Waals surface area (Å²) in [4.78, 5) is 99.5. The topological polar surface area (TPSA) is 334 Å². The van der Waals surface area contributed by atoms with Gasteiger partial charge in [-0.05, 0) is 111 Å². The predicted octanol–water partition coefficient (Wildman–Crippen LogP) is 7.27. The molecule has 4 fully saturated rings. The number of allylic oxidation sites excluding steroid dienone is 1. The molecule has 9 atom stereocenters. The smallest absolute Gasteiger partial charge is 0.326 e. The maximum Gasteiger partial charge on any atom is 0.326 e. The van der Waals surface area contributed by atoms with Crippen molar-refractivity contribution in [1.82, 2.24) is 25.3 Å². The largest absolute Gasteiger partial charge is 0.481 e. The van der Waals surface area contributed by atoms with Crippen LogP contribution in [0, 0.1) is 28.6 Å². The Kier molecular flexibility index (Phi) is 19.4.